The number of anilines is 1. The van der Waals surface area contributed by atoms with Crippen LogP contribution in [0.4, 0.5) is 14.5 Å². The fourth-order valence-electron chi connectivity index (χ4n) is 3.22. The molecule has 1 aliphatic heterocycles. The van der Waals surface area contributed by atoms with Crippen LogP contribution in [-0.4, -0.2) is 66.2 Å². The van der Waals surface area contributed by atoms with E-state index < -0.39 is 72.8 Å². The first-order valence-corrected chi connectivity index (χ1v) is 10.9. The highest BCUT2D eigenvalue weighted by molar-refractivity contribution is 7.80. The van der Waals surface area contributed by atoms with Crippen LogP contribution in [0.3, 0.4) is 0 Å². The maximum atomic E-state index is 13.9. The van der Waals surface area contributed by atoms with Gasteiger partial charge in [0.2, 0.25) is 0 Å². The van der Waals surface area contributed by atoms with E-state index in [2.05, 4.69) is 16.2 Å². The molecular weight excluding hydrogens is 508 g/mol. The Morgan fingerprint density at radius 1 is 0.917 bits per heavy atom. The number of nitrogens with one attached hydrogen (secondary N) is 3. The van der Waals surface area contributed by atoms with Crippen LogP contribution in [-0.2, 0) is 42.9 Å². The molecule has 1 aromatic carbocycles. The van der Waals surface area contributed by atoms with Crippen molar-refractivity contribution >= 4 is 46.9 Å². The summed E-state index contributed by atoms with van der Waals surface area (Å²) in [5.41, 5.74) is 4.75. The van der Waals surface area contributed by atoms with E-state index in [4.69, 9.17) is 35.9 Å². The first kappa shape index (κ1) is 28.6. The van der Waals surface area contributed by atoms with Gasteiger partial charge in [0.1, 0.15) is 18.5 Å². The van der Waals surface area contributed by atoms with E-state index in [1.165, 1.54) is 0 Å². The molecule has 36 heavy (non-hydrogen) atoms. The minimum absolute atomic E-state index is 0.137. The summed E-state index contributed by atoms with van der Waals surface area (Å²) in [4.78, 5) is 46.8. The summed E-state index contributed by atoms with van der Waals surface area (Å²) in [6.07, 6.45) is -6.64. The van der Waals surface area contributed by atoms with Crippen molar-refractivity contribution in [3.8, 4) is 0 Å². The number of benzene rings is 1. The highest BCUT2D eigenvalue weighted by Gasteiger charge is 2.52. The van der Waals surface area contributed by atoms with E-state index in [9.17, 15) is 28.0 Å². The maximum Gasteiger partial charge on any atom is 0.303 e. The molecule has 198 valence electrons. The lowest BCUT2D eigenvalue weighted by Gasteiger charge is -2.44. The highest BCUT2D eigenvalue weighted by Crippen LogP contribution is 2.28. The van der Waals surface area contributed by atoms with E-state index in [-0.39, 0.29) is 10.8 Å². The molecule has 0 bridgehead atoms. The first-order chi connectivity index (χ1) is 16.9. The summed E-state index contributed by atoms with van der Waals surface area (Å²) < 4.78 is 53.6. The summed E-state index contributed by atoms with van der Waals surface area (Å²) in [5, 5.41) is 2.45. The SMILES string of the molecule is CC(=O)OC[C@H]1O[C@@H](NC(=S)NNc2ccc(F)cc2F)[C@H](OC(C)=O)[C@@H](OC(C)=O)[C@@H]1OC(C)=O. The van der Waals surface area contributed by atoms with E-state index in [1.54, 1.807) is 0 Å². The molecule has 15 heteroatoms. The van der Waals surface area contributed by atoms with Crippen molar-refractivity contribution in [3.63, 3.8) is 0 Å². The molecule has 0 aliphatic carbocycles. The number of ether oxygens (including phenoxy) is 5. The lowest BCUT2D eigenvalue weighted by Crippen LogP contribution is -2.67. The van der Waals surface area contributed by atoms with Gasteiger partial charge in [-0.3, -0.25) is 30.0 Å². The van der Waals surface area contributed by atoms with Crippen LogP contribution in [0.5, 0.6) is 0 Å². The summed E-state index contributed by atoms with van der Waals surface area (Å²) >= 11 is 5.16. The van der Waals surface area contributed by atoms with Gasteiger partial charge in [-0.2, -0.15) is 0 Å². The van der Waals surface area contributed by atoms with Crippen LogP contribution in [0.25, 0.3) is 0 Å². The number of hydrazine groups is 1. The van der Waals surface area contributed by atoms with Crippen LogP contribution < -0.4 is 16.2 Å². The van der Waals surface area contributed by atoms with Crippen LogP contribution in [0.15, 0.2) is 18.2 Å². The lowest BCUT2D eigenvalue weighted by atomic mass is 9.97. The molecule has 2 rings (SSSR count). The van der Waals surface area contributed by atoms with Gasteiger partial charge in [0.05, 0.1) is 5.69 Å². The summed E-state index contributed by atoms with van der Waals surface area (Å²) in [6, 6.07) is 2.79. The van der Waals surface area contributed by atoms with Crippen molar-refractivity contribution in [2.75, 3.05) is 12.0 Å². The van der Waals surface area contributed by atoms with Crippen molar-refractivity contribution in [2.45, 2.75) is 58.3 Å². The Balaban J connectivity index is 2.29. The van der Waals surface area contributed by atoms with E-state index in [0.29, 0.717) is 6.07 Å². The molecule has 12 nitrogen and oxygen atoms in total. The van der Waals surface area contributed by atoms with Gasteiger partial charge >= 0.3 is 23.9 Å². The van der Waals surface area contributed by atoms with Crippen molar-refractivity contribution in [1.82, 2.24) is 10.7 Å². The van der Waals surface area contributed by atoms with Gasteiger partial charge in [-0.1, -0.05) is 0 Å². The van der Waals surface area contributed by atoms with Crippen molar-refractivity contribution < 1.29 is 51.6 Å². The molecule has 0 amide bonds. The Labute approximate surface area is 209 Å². The minimum Gasteiger partial charge on any atom is -0.463 e. The molecule has 1 aromatic rings. The van der Waals surface area contributed by atoms with Gasteiger partial charge in [-0.25, -0.2) is 8.78 Å². The van der Waals surface area contributed by atoms with Crippen LogP contribution in [0, 0.1) is 11.6 Å². The predicted molar refractivity (Wildman–Crippen MR) is 121 cm³/mol. The normalized spacial score (nSPS) is 23.0. The average molecular weight is 534 g/mol. The Hall–Kier alpha value is -3.59. The summed E-state index contributed by atoms with van der Waals surface area (Å²) in [7, 11) is 0. The van der Waals surface area contributed by atoms with Crippen LogP contribution in [0.1, 0.15) is 27.7 Å². The Kier molecular flexibility index (Phi) is 10.3. The second kappa shape index (κ2) is 12.9. The van der Waals surface area contributed by atoms with Gasteiger partial charge in [-0.15, -0.1) is 0 Å². The summed E-state index contributed by atoms with van der Waals surface area (Å²) in [5.74, 6) is -4.72. The van der Waals surface area contributed by atoms with Gasteiger partial charge in [0, 0.05) is 33.8 Å². The number of hydrogen-bond donors (Lipinski definition) is 3. The standard InChI is InChI=1S/C21H25F2N3O9S/c1-9(27)31-8-16-17(32-10(2)28)18(33-11(3)29)19(34-12(4)30)20(35-16)24-21(36)26-25-15-6-5-13(22)7-14(15)23/h5-7,16-20,25H,8H2,1-4H3,(H2,24,26,36)/t16-,17-,18+,19-,20-/m1/s1. The molecule has 1 heterocycles. The molecule has 5 atom stereocenters. The Morgan fingerprint density at radius 3 is 2.06 bits per heavy atom. The Bertz CT molecular complexity index is 1010. The van der Waals surface area contributed by atoms with E-state index in [0.717, 1.165) is 39.8 Å². The fourth-order valence-corrected chi connectivity index (χ4v) is 3.39. The second-order valence-electron chi connectivity index (χ2n) is 7.47. The molecule has 0 radical (unpaired) electrons. The van der Waals surface area contributed by atoms with Gasteiger partial charge in [0.25, 0.3) is 0 Å². The lowest BCUT2D eigenvalue weighted by molar-refractivity contribution is -0.254. The number of hydrogen-bond acceptors (Lipinski definition) is 11. The van der Waals surface area contributed by atoms with Gasteiger partial charge < -0.3 is 29.0 Å². The van der Waals surface area contributed by atoms with Gasteiger partial charge in [-0.05, 0) is 24.4 Å². The third-order valence-corrected chi connectivity index (χ3v) is 4.73. The van der Waals surface area contributed by atoms with Crippen molar-refractivity contribution in [3.05, 3.63) is 29.8 Å². The van der Waals surface area contributed by atoms with E-state index in [1.807, 2.05) is 0 Å². The third-order valence-electron chi connectivity index (χ3n) is 4.51. The number of esters is 4. The molecule has 0 spiro atoms. The van der Waals surface area contributed by atoms with E-state index >= 15 is 0 Å². The number of carbonyl (C=O) groups is 4. The molecule has 1 aliphatic rings. The maximum absolute atomic E-state index is 13.9. The monoisotopic (exact) mass is 533 g/mol. The highest BCUT2D eigenvalue weighted by atomic mass is 32.1. The zero-order valence-corrected chi connectivity index (χ0v) is 20.5. The third kappa shape index (κ3) is 8.57. The molecule has 0 unspecified atom stereocenters. The minimum atomic E-state index is -1.40. The molecular formula is C21H25F2N3O9S. The fraction of sp³-hybridized carbons (Fsp3) is 0.476. The quantitative estimate of drug-likeness (QED) is 0.188. The molecule has 0 aromatic heterocycles. The summed E-state index contributed by atoms with van der Waals surface area (Å²) in [6.45, 7) is 3.99. The average Bonchev–Trinajstić information content (AvgIpc) is 2.75. The second-order valence-corrected chi connectivity index (χ2v) is 7.88. The van der Waals surface area contributed by atoms with Gasteiger partial charge in [0.15, 0.2) is 35.5 Å². The zero-order chi connectivity index (χ0) is 27.0. The number of halogens is 2. The van der Waals surface area contributed by atoms with Crippen molar-refractivity contribution in [1.29, 1.82) is 0 Å². The first-order valence-electron chi connectivity index (χ1n) is 10.5. The molecule has 0 saturated carbocycles. The van der Waals surface area contributed by atoms with Crippen molar-refractivity contribution in [2.24, 2.45) is 0 Å². The topological polar surface area (TPSA) is 151 Å². The number of carbonyl (C=O) groups excluding carboxylic acids is 4. The van der Waals surface area contributed by atoms with Crippen LogP contribution in [0.2, 0.25) is 0 Å². The smallest absolute Gasteiger partial charge is 0.303 e. The zero-order valence-electron chi connectivity index (χ0n) is 19.7. The molecule has 1 saturated heterocycles. The number of thiocarbonyl (C=S) groups is 1. The molecule has 3 N–H and O–H groups in total. The largest absolute Gasteiger partial charge is 0.463 e. The Morgan fingerprint density at radius 2 is 1.50 bits per heavy atom. The molecule has 1 fully saturated rings. The van der Waals surface area contributed by atoms with Crippen LogP contribution >= 0.6 is 12.2 Å². The number of rotatable bonds is 8. The predicted octanol–water partition coefficient (Wildman–Crippen LogP) is 0.839.